The van der Waals surface area contributed by atoms with Crippen LogP contribution in [0, 0.1) is 5.92 Å². The fourth-order valence-electron chi connectivity index (χ4n) is 2.27. The Balaban J connectivity index is 2.66. The van der Waals surface area contributed by atoms with Crippen LogP contribution in [-0.2, 0) is 16.1 Å². The van der Waals surface area contributed by atoms with Gasteiger partial charge in [0, 0.05) is 46.5 Å². The van der Waals surface area contributed by atoms with Crippen LogP contribution in [0.15, 0.2) is 24.3 Å². The molecule has 21 heavy (non-hydrogen) atoms. The summed E-state index contributed by atoms with van der Waals surface area (Å²) in [6.45, 7) is 4.94. The normalized spacial score (nSPS) is 12.0. The van der Waals surface area contributed by atoms with Crippen LogP contribution >= 0.6 is 0 Å². The highest BCUT2D eigenvalue weighted by atomic mass is 16.5. The second-order valence-electron chi connectivity index (χ2n) is 5.19. The minimum Gasteiger partial charge on any atom is -0.383 e. The SMILES string of the molecule is CNC(=O)C(C)CN(C)c1ccccc1CNCCOC. The van der Waals surface area contributed by atoms with E-state index >= 15 is 0 Å². The lowest BCUT2D eigenvalue weighted by molar-refractivity contribution is -0.123. The minimum absolute atomic E-state index is 0.0468. The number of carbonyl (C=O) groups is 1. The van der Waals surface area contributed by atoms with Gasteiger partial charge in [0.15, 0.2) is 0 Å². The molecule has 0 radical (unpaired) electrons. The van der Waals surface area contributed by atoms with E-state index in [0.717, 1.165) is 18.8 Å². The van der Waals surface area contributed by atoms with Gasteiger partial charge >= 0.3 is 0 Å². The molecule has 1 atom stereocenters. The third-order valence-corrected chi connectivity index (χ3v) is 3.44. The number of nitrogens with one attached hydrogen (secondary N) is 2. The number of carbonyl (C=O) groups excluding carboxylic acids is 1. The molecular weight excluding hydrogens is 266 g/mol. The molecule has 0 saturated carbocycles. The van der Waals surface area contributed by atoms with Crippen LogP contribution in [0.5, 0.6) is 0 Å². The zero-order valence-corrected chi connectivity index (χ0v) is 13.5. The van der Waals surface area contributed by atoms with Crippen molar-refractivity contribution in [2.75, 3.05) is 45.8 Å². The van der Waals surface area contributed by atoms with E-state index in [1.807, 2.05) is 26.1 Å². The number of nitrogens with zero attached hydrogens (tertiary/aromatic N) is 1. The quantitative estimate of drug-likeness (QED) is 0.673. The van der Waals surface area contributed by atoms with Gasteiger partial charge in [0.1, 0.15) is 0 Å². The van der Waals surface area contributed by atoms with Gasteiger partial charge in [0.05, 0.1) is 12.5 Å². The number of para-hydroxylation sites is 1. The highest BCUT2D eigenvalue weighted by Gasteiger charge is 2.15. The van der Waals surface area contributed by atoms with Gasteiger partial charge in [-0.25, -0.2) is 0 Å². The van der Waals surface area contributed by atoms with Crippen LogP contribution in [-0.4, -0.2) is 46.8 Å². The lowest BCUT2D eigenvalue weighted by Gasteiger charge is -2.25. The second kappa shape index (κ2) is 9.37. The molecule has 1 rings (SSSR count). The molecule has 1 aromatic carbocycles. The summed E-state index contributed by atoms with van der Waals surface area (Å²) in [6, 6.07) is 8.25. The number of hydrogen-bond donors (Lipinski definition) is 2. The lowest BCUT2D eigenvalue weighted by Crippen LogP contribution is -2.35. The maximum atomic E-state index is 11.6. The molecule has 0 saturated heterocycles. The Kier molecular flexibility index (Phi) is 7.79. The third-order valence-electron chi connectivity index (χ3n) is 3.44. The summed E-state index contributed by atoms with van der Waals surface area (Å²) in [7, 11) is 5.39. The summed E-state index contributed by atoms with van der Waals surface area (Å²) in [4.78, 5) is 13.8. The average Bonchev–Trinajstić information content (AvgIpc) is 2.51. The standard InChI is InChI=1S/C16H27N3O2/c1-13(16(20)17-2)12-19(3)15-8-6-5-7-14(15)11-18-9-10-21-4/h5-8,13,18H,9-12H2,1-4H3,(H,17,20). The first-order chi connectivity index (χ1) is 10.1. The number of anilines is 1. The molecule has 0 spiro atoms. The first-order valence-corrected chi connectivity index (χ1v) is 7.30. The van der Waals surface area contributed by atoms with Gasteiger partial charge in [-0.3, -0.25) is 4.79 Å². The van der Waals surface area contributed by atoms with E-state index in [4.69, 9.17) is 4.74 Å². The van der Waals surface area contributed by atoms with E-state index < -0.39 is 0 Å². The fraction of sp³-hybridized carbons (Fsp3) is 0.562. The Hall–Kier alpha value is -1.59. The zero-order valence-electron chi connectivity index (χ0n) is 13.5. The van der Waals surface area contributed by atoms with Crippen molar-refractivity contribution in [2.45, 2.75) is 13.5 Å². The summed E-state index contributed by atoms with van der Waals surface area (Å²) in [5, 5.41) is 6.05. The molecule has 0 aliphatic rings. The van der Waals surface area contributed by atoms with Crippen LogP contribution in [0.25, 0.3) is 0 Å². The Morgan fingerprint density at radius 1 is 1.38 bits per heavy atom. The van der Waals surface area contributed by atoms with Crippen molar-refractivity contribution in [3.63, 3.8) is 0 Å². The summed E-state index contributed by atoms with van der Waals surface area (Å²) in [6.07, 6.45) is 0. The first kappa shape index (κ1) is 17.5. The van der Waals surface area contributed by atoms with E-state index in [1.165, 1.54) is 5.56 Å². The molecule has 1 amide bonds. The molecule has 0 aliphatic carbocycles. The van der Waals surface area contributed by atoms with Crippen molar-refractivity contribution in [2.24, 2.45) is 5.92 Å². The number of benzene rings is 1. The number of ether oxygens (including phenoxy) is 1. The van der Waals surface area contributed by atoms with Crippen molar-refractivity contribution in [1.82, 2.24) is 10.6 Å². The van der Waals surface area contributed by atoms with E-state index in [2.05, 4.69) is 27.7 Å². The van der Waals surface area contributed by atoms with E-state index in [-0.39, 0.29) is 11.8 Å². The molecule has 2 N–H and O–H groups in total. The molecular formula is C16H27N3O2. The lowest BCUT2D eigenvalue weighted by atomic mass is 10.1. The van der Waals surface area contributed by atoms with Crippen LogP contribution in [0.2, 0.25) is 0 Å². The molecule has 118 valence electrons. The largest absolute Gasteiger partial charge is 0.383 e. The van der Waals surface area contributed by atoms with Crippen LogP contribution < -0.4 is 15.5 Å². The molecule has 0 bridgehead atoms. The average molecular weight is 293 g/mol. The van der Waals surface area contributed by atoms with Gasteiger partial charge < -0.3 is 20.3 Å². The zero-order chi connectivity index (χ0) is 15.7. The molecule has 0 aromatic heterocycles. The number of hydrogen-bond acceptors (Lipinski definition) is 4. The topological polar surface area (TPSA) is 53.6 Å². The maximum absolute atomic E-state index is 11.6. The Morgan fingerprint density at radius 3 is 2.76 bits per heavy atom. The first-order valence-electron chi connectivity index (χ1n) is 7.30. The monoisotopic (exact) mass is 293 g/mol. The number of amides is 1. The van der Waals surface area contributed by atoms with Crippen molar-refractivity contribution >= 4 is 11.6 Å². The van der Waals surface area contributed by atoms with Crippen molar-refractivity contribution < 1.29 is 9.53 Å². The molecule has 5 heteroatoms. The van der Waals surface area contributed by atoms with E-state index in [9.17, 15) is 4.79 Å². The Morgan fingerprint density at radius 2 is 2.10 bits per heavy atom. The van der Waals surface area contributed by atoms with Crippen LogP contribution in [0.1, 0.15) is 12.5 Å². The van der Waals surface area contributed by atoms with Crippen molar-refractivity contribution in [3.05, 3.63) is 29.8 Å². The fourth-order valence-corrected chi connectivity index (χ4v) is 2.27. The molecule has 0 aliphatic heterocycles. The predicted molar refractivity (Wildman–Crippen MR) is 86.5 cm³/mol. The van der Waals surface area contributed by atoms with Crippen molar-refractivity contribution in [1.29, 1.82) is 0 Å². The third kappa shape index (κ3) is 5.73. The van der Waals surface area contributed by atoms with Gasteiger partial charge in [-0.15, -0.1) is 0 Å². The summed E-state index contributed by atoms with van der Waals surface area (Å²) >= 11 is 0. The van der Waals surface area contributed by atoms with Gasteiger partial charge in [-0.1, -0.05) is 25.1 Å². The van der Waals surface area contributed by atoms with Gasteiger partial charge in [-0.05, 0) is 11.6 Å². The molecule has 0 fully saturated rings. The maximum Gasteiger partial charge on any atom is 0.224 e. The highest BCUT2D eigenvalue weighted by molar-refractivity contribution is 5.78. The number of methoxy groups -OCH3 is 1. The van der Waals surface area contributed by atoms with Crippen LogP contribution in [0.4, 0.5) is 5.69 Å². The minimum atomic E-state index is -0.0468. The Labute approximate surface area is 127 Å². The summed E-state index contributed by atoms with van der Waals surface area (Å²) in [5.74, 6) is 0.0204. The second-order valence-corrected chi connectivity index (χ2v) is 5.19. The summed E-state index contributed by atoms with van der Waals surface area (Å²) < 4.78 is 5.03. The summed E-state index contributed by atoms with van der Waals surface area (Å²) in [5.41, 5.74) is 2.37. The van der Waals surface area contributed by atoms with Gasteiger partial charge in [0.25, 0.3) is 0 Å². The van der Waals surface area contributed by atoms with E-state index in [1.54, 1.807) is 14.2 Å². The Bertz CT molecular complexity index is 437. The predicted octanol–water partition coefficient (Wildman–Crippen LogP) is 1.24. The molecule has 5 nitrogen and oxygen atoms in total. The van der Waals surface area contributed by atoms with Gasteiger partial charge in [0.2, 0.25) is 5.91 Å². The molecule has 1 aromatic rings. The number of rotatable bonds is 9. The van der Waals surface area contributed by atoms with E-state index in [0.29, 0.717) is 13.2 Å². The smallest absolute Gasteiger partial charge is 0.224 e. The highest BCUT2D eigenvalue weighted by Crippen LogP contribution is 2.20. The van der Waals surface area contributed by atoms with Crippen molar-refractivity contribution in [3.8, 4) is 0 Å². The van der Waals surface area contributed by atoms with Crippen LogP contribution in [0.3, 0.4) is 0 Å². The molecule has 0 heterocycles. The van der Waals surface area contributed by atoms with Gasteiger partial charge in [-0.2, -0.15) is 0 Å². The molecule has 1 unspecified atom stereocenters.